The lowest BCUT2D eigenvalue weighted by molar-refractivity contribution is 0.0526. The molecule has 4 nitrogen and oxygen atoms in total. The minimum absolute atomic E-state index is 0.267. The summed E-state index contributed by atoms with van der Waals surface area (Å²) in [5.41, 5.74) is 2.34. The molecule has 2 atom stereocenters. The average Bonchev–Trinajstić information content (AvgIpc) is 2.49. The van der Waals surface area contributed by atoms with Gasteiger partial charge >= 0.3 is 0 Å². The molecule has 0 saturated carbocycles. The highest BCUT2D eigenvalue weighted by molar-refractivity contribution is 5.24. The van der Waals surface area contributed by atoms with E-state index in [4.69, 9.17) is 0 Å². The lowest BCUT2D eigenvalue weighted by atomic mass is 10.00. The highest BCUT2D eigenvalue weighted by Crippen LogP contribution is 2.17. The second-order valence-electron chi connectivity index (χ2n) is 7.31. The van der Waals surface area contributed by atoms with E-state index >= 15 is 0 Å². The van der Waals surface area contributed by atoms with Crippen molar-refractivity contribution < 1.29 is 10.2 Å². The van der Waals surface area contributed by atoms with Gasteiger partial charge in [0.2, 0.25) is 0 Å². The molecule has 1 fully saturated rings. The van der Waals surface area contributed by atoms with Crippen LogP contribution in [0.25, 0.3) is 0 Å². The molecule has 0 bridgehead atoms. The first kappa shape index (κ1) is 18.4. The summed E-state index contributed by atoms with van der Waals surface area (Å²) in [5, 5.41) is 19.9. The summed E-state index contributed by atoms with van der Waals surface area (Å²) in [6, 6.07) is 8.40. The summed E-state index contributed by atoms with van der Waals surface area (Å²) >= 11 is 0. The smallest absolute Gasteiger partial charge is 0.0916 e. The lowest BCUT2D eigenvalue weighted by Crippen LogP contribution is -2.49. The molecule has 1 aliphatic rings. The van der Waals surface area contributed by atoms with Crippen LogP contribution in [0.5, 0.6) is 0 Å². The minimum Gasteiger partial charge on any atom is -0.392 e. The van der Waals surface area contributed by atoms with Crippen LogP contribution in [0.4, 0.5) is 0 Å². The van der Waals surface area contributed by atoms with Crippen LogP contribution < -0.4 is 0 Å². The molecule has 0 spiro atoms. The van der Waals surface area contributed by atoms with Gasteiger partial charge in [0.15, 0.2) is 0 Å². The molecule has 4 heteroatoms. The Hall–Kier alpha value is -0.940. The van der Waals surface area contributed by atoms with E-state index in [1.807, 2.05) is 6.92 Å². The molecule has 2 N–H and O–H groups in total. The van der Waals surface area contributed by atoms with Gasteiger partial charge in [0, 0.05) is 39.3 Å². The summed E-state index contributed by atoms with van der Waals surface area (Å²) < 4.78 is 0. The Bertz CT molecular complexity index is 451. The van der Waals surface area contributed by atoms with Gasteiger partial charge in [-0.2, -0.15) is 0 Å². The average molecular weight is 320 g/mol. The summed E-state index contributed by atoms with van der Waals surface area (Å²) in [7, 11) is 0. The topological polar surface area (TPSA) is 46.9 Å². The molecule has 1 aromatic rings. The van der Waals surface area contributed by atoms with E-state index in [0.717, 1.165) is 44.7 Å². The van der Waals surface area contributed by atoms with Gasteiger partial charge in [0.05, 0.1) is 12.2 Å². The lowest BCUT2D eigenvalue weighted by Gasteiger charge is -2.36. The summed E-state index contributed by atoms with van der Waals surface area (Å²) in [4.78, 5) is 4.60. The van der Waals surface area contributed by atoms with E-state index in [2.05, 4.69) is 47.9 Å². The summed E-state index contributed by atoms with van der Waals surface area (Å²) in [5.74, 6) is 0.656. The van der Waals surface area contributed by atoms with Gasteiger partial charge in [-0.3, -0.25) is 9.80 Å². The van der Waals surface area contributed by atoms with Crippen molar-refractivity contribution in [3.8, 4) is 0 Å². The van der Waals surface area contributed by atoms with Gasteiger partial charge in [-0.25, -0.2) is 0 Å². The molecular weight excluding hydrogens is 288 g/mol. The van der Waals surface area contributed by atoms with Gasteiger partial charge in [-0.15, -0.1) is 0 Å². The van der Waals surface area contributed by atoms with Crippen molar-refractivity contribution in [1.29, 1.82) is 0 Å². The van der Waals surface area contributed by atoms with Crippen LogP contribution >= 0.6 is 0 Å². The number of hydrogen-bond acceptors (Lipinski definition) is 4. The van der Waals surface area contributed by atoms with E-state index in [9.17, 15) is 10.2 Å². The molecular formula is C19H32N2O2. The van der Waals surface area contributed by atoms with Crippen LogP contribution in [0.15, 0.2) is 24.3 Å². The van der Waals surface area contributed by atoms with Gasteiger partial charge < -0.3 is 10.2 Å². The van der Waals surface area contributed by atoms with Crippen LogP contribution in [0.3, 0.4) is 0 Å². The Labute approximate surface area is 140 Å². The Balaban J connectivity index is 1.79. The molecule has 0 aliphatic carbocycles. The number of hydrogen-bond donors (Lipinski definition) is 2. The maximum Gasteiger partial charge on any atom is 0.0916 e. The van der Waals surface area contributed by atoms with Crippen molar-refractivity contribution in [2.75, 3.05) is 39.3 Å². The van der Waals surface area contributed by atoms with Crippen molar-refractivity contribution in [3.63, 3.8) is 0 Å². The highest BCUT2D eigenvalue weighted by atomic mass is 16.3. The Morgan fingerprint density at radius 1 is 0.870 bits per heavy atom. The third kappa shape index (κ3) is 6.22. The van der Waals surface area contributed by atoms with E-state index < -0.39 is 6.10 Å². The third-order valence-electron chi connectivity index (χ3n) is 4.43. The van der Waals surface area contributed by atoms with Gasteiger partial charge in [0.1, 0.15) is 0 Å². The van der Waals surface area contributed by atoms with Crippen LogP contribution in [0.2, 0.25) is 0 Å². The molecule has 1 aliphatic heterocycles. The number of benzene rings is 1. The fourth-order valence-electron chi connectivity index (χ4n) is 3.23. The number of aliphatic hydroxyl groups excluding tert-OH is 2. The Kier molecular flexibility index (Phi) is 7.03. The van der Waals surface area contributed by atoms with Crippen molar-refractivity contribution in [2.45, 2.75) is 39.4 Å². The number of β-amino-alcohol motifs (C(OH)–C–C–N with tert-alkyl or cyclic N) is 2. The van der Waals surface area contributed by atoms with Crippen molar-refractivity contribution >= 4 is 0 Å². The maximum absolute atomic E-state index is 10.5. The number of aliphatic hydroxyl groups is 2. The van der Waals surface area contributed by atoms with E-state index in [1.165, 1.54) is 5.56 Å². The monoisotopic (exact) mass is 320 g/mol. The molecule has 0 amide bonds. The number of rotatable bonds is 7. The van der Waals surface area contributed by atoms with Crippen molar-refractivity contribution in [2.24, 2.45) is 5.92 Å². The molecule has 1 heterocycles. The SMILES string of the molecule is CC(C)Cc1ccc([C@@H](O)CN2CCN(C[C@H](C)O)CC2)cc1. The minimum atomic E-state index is -0.425. The quantitative estimate of drug-likeness (QED) is 0.806. The zero-order chi connectivity index (χ0) is 16.8. The van der Waals surface area contributed by atoms with Gasteiger partial charge in [-0.05, 0) is 30.4 Å². The van der Waals surface area contributed by atoms with Gasteiger partial charge in [-0.1, -0.05) is 38.1 Å². The van der Waals surface area contributed by atoms with Crippen molar-refractivity contribution in [1.82, 2.24) is 9.80 Å². The van der Waals surface area contributed by atoms with Gasteiger partial charge in [0.25, 0.3) is 0 Å². The molecule has 2 rings (SSSR count). The second kappa shape index (κ2) is 8.78. The molecule has 0 unspecified atom stereocenters. The third-order valence-corrected chi connectivity index (χ3v) is 4.43. The molecule has 1 aromatic carbocycles. The molecule has 130 valence electrons. The zero-order valence-electron chi connectivity index (χ0n) is 14.8. The first-order valence-corrected chi connectivity index (χ1v) is 8.83. The predicted octanol–water partition coefficient (Wildman–Crippen LogP) is 1.92. The van der Waals surface area contributed by atoms with E-state index in [1.54, 1.807) is 0 Å². The summed E-state index contributed by atoms with van der Waals surface area (Å²) in [6.07, 6.45) is 0.393. The summed E-state index contributed by atoms with van der Waals surface area (Å²) in [6.45, 7) is 11.5. The fourth-order valence-corrected chi connectivity index (χ4v) is 3.23. The molecule has 0 radical (unpaired) electrons. The zero-order valence-corrected chi connectivity index (χ0v) is 14.8. The first-order chi connectivity index (χ1) is 10.9. The number of nitrogens with zero attached hydrogens (tertiary/aromatic N) is 2. The van der Waals surface area contributed by atoms with Crippen LogP contribution in [-0.2, 0) is 6.42 Å². The fraction of sp³-hybridized carbons (Fsp3) is 0.684. The van der Waals surface area contributed by atoms with Crippen LogP contribution in [0, 0.1) is 5.92 Å². The Morgan fingerprint density at radius 2 is 1.39 bits per heavy atom. The second-order valence-corrected chi connectivity index (χ2v) is 7.31. The highest BCUT2D eigenvalue weighted by Gasteiger charge is 2.20. The Morgan fingerprint density at radius 3 is 1.87 bits per heavy atom. The standard InChI is InChI=1S/C19H32N2O2/c1-15(2)12-17-4-6-18(7-5-17)19(23)14-21-10-8-20(9-11-21)13-16(3)22/h4-7,15-16,19,22-23H,8-14H2,1-3H3/t16-,19-/m0/s1. The van der Waals surface area contributed by atoms with Crippen molar-refractivity contribution in [3.05, 3.63) is 35.4 Å². The van der Waals surface area contributed by atoms with Crippen LogP contribution in [-0.4, -0.2) is 65.4 Å². The first-order valence-electron chi connectivity index (χ1n) is 8.83. The maximum atomic E-state index is 10.5. The predicted molar refractivity (Wildman–Crippen MR) is 94.5 cm³/mol. The van der Waals surface area contributed by atoms with Crippen LogP contribution in [0.1, 0.15) is 38.0 Å². The largest absolute Gasteiger partial charge is 0.392 e. The normalized spacial score (nSPS) is 19.9. The van der Waals surface area contributed by atoms with E-state index in [-0.39, 0.29) is 6.10 Å². The molecule has 0 aromatic heterocycles. The van der Waals surface area contributed by atoms with E-state index in [0.29, 0.717) is 12.5 Å². The molecule has 1 saturated heterocycles. The molecule has 23 heavy (non-hydrogen) atoms. The number of piperazine rings is 1.